The second kappa shape index (κ2) is 6.46. The first-order valence-corrected chi connectivity index (χ1v) is 4.43. The van der Waals surface area contributed by atoms with Crippen LogP contribution in [0.25, 0.3) is 0 Å². The summed E-state index contributed by atoms with van der Waals surface area (Å²) in [4.78, 5) is 10.9. The molecule has 0 N–H and O–H groups in total. The molecule has 4 nitrogen and oxygen atoms in total. The first-order chi connectivity index (χ1) is 6.06. The van der Waals surface area contributed by atoms with Crippen LogP contribution in [-0.4, -0.2) is 37.4 Å². The molecule has 0 radical (unpaired) electrons. The molecule has 0 spiro atoms. The van der Waals surface area contributed by atoms with Gasteiger partial charge in [0, 0.05) is 19.8 Å². The summed E-state index contributed by atoms with van der Waals surface area (Å²) < 4.78 is 4.79. The van der Waals surface area contributed by atoms with E-state index in [1.165, 1.54) is 0 Å². The molecule has 0 amide bonds. The summed E-state index contributed by atoms with van der Waals surface area (Å²) in [7, 11) is 3.71. The number of hydrazone groups is 1. The second-order valence-corrected chi connectivity index (χ2v) is 2.99. The standard InChI is InChI=1S/C9H18N2O2/c1-5-13-9(12)7-6-8(2)10-11(3)4/h5-7H2,1-4H3/b10-8-. The summed E-state index contributed by atoms with van der Waals surface area (Å²) in [6, 6.07) is 0. The Balaban J connectivity index is 3.69. The van der Waals surface area contributed by atoms with Crippen LogP contribution in [0.15, 0.2) is 5.10 Å². The number of rotatable bonds is 5. The van der Waals surface area contributed by atoms with Gasteiger partial charge in [0.1, 0.15) is 0 Å². The quantitative estimate of drug-likeness (QED) is 0.369. The molecule has 4 heteroatoms. The molecule has 0 aromatic heterocycles. The van der Waals surface area contributed by atoms with Crippen molar-refractivity contribution in [3.8, 4) is 0 Å². The third-order valence-corrected chi connectivity index (χ3v) is 1.37. The minimum absolute atomic E-state index is 0.157. The van der Waals surface area contributed by atoms with Gasteiger partial charge in [-0.15, -0.1) is 0 Å². The van der Waals surface area contributed by atoms with E-state index in [1.807, 2.05) is 21.0 Å². The fraction of sp³-hybridized carbons (Fsp3) is 0.778. The highest BCUT2D eigenvalue weighted by Crippen LogP contribution is 1.96. The van der Waals surface area contributed by atoms with E-state index in [1.54, 1.807) is 11.9 Å². The highest BCUT2D eigenvalue weighted by molar-refractivity contribution is 5.85. The Morgan fingerprint density at radius 1 is 1.38 bits per heavy atom. The first-order valence-electron chi connectivity index (χ1n) is 4.43. The molecule has 0 aromatic rings. The number of carbonyl (C=O) groups is 1. The smallest absolute Gasteiger partial charge is 0.306 e. The topological polar surface area (TPSA) is 41.9 Å². The predicted molar refractivity (Wildman–Crippen MR) is 52.7 cm³/mol. The van der Waals surface area contributed by atoms with E-state index in [2.05, 4.69) is 5.10 Å². The molecular formula is C9H18N2O2. The maximum absolute atomic E-state index is 10.9. The molecule has 76 valence electrons. The molecule has 13 heavy (non-hydrogen) atoms. The Bertz CT molecular complexity index is 188. The van der Waals surface area contributed by atoms with E-state index in [4.69, 9.17) is 4.74 Å². The number of hydrogen-bond donors (Lipinski definition) is 0. The van der Waals surface area contributed by atoms with Crippen molar-refractivity contribution in [1.29, 1.82) is 0 Å². The monoisotopic (exact) mass is 186 g/mol. The third kappa shape index (κ3) is 7.31. The van der Waals surface area contributed by atoms with Crippen molar-refractivity contribution in [2.45, 2.75) is 26.7 Å². The lowest BCUT2D eigenvalue weighted by atomic mass is 10.2. The zero-order valence-electron chi connectivity index (χ0n) is 8.83. The van der Waals surface area contributed by atoms with E-state index in [0.29, 0.717) is 19.4 Å². The maximum Gasteiger partial charge on any atom is 0.306 e. The van der Waals surface area contributed by atoms with Gasteiger partial charge < -0.3 is 9.75 Å². The molecule has 0 fully saturated rings. The normalized spacial score (nSPS) is 11.2. The number of esters is 1. The van der Waals surface area contributed by atoms with Gasteiger partial charge in [0.2, 0.25) is 0 Å². The fourth-order valence-electron chi connectivity index (χ4n) is 0.908. The van der Waals surface area contributed by atoms with Crippen molar-refractivity contribution < 1.29 is 9.53 Å². The Morgan fingerprint density at radius 2 is 2.00 bits per heavy atom. The molecule has 0 aliphatic carbocycles. The molecule has 0 saturated heterocycles. The van der Waals surface area contributed by atoms with Crippen molar-refractivity contribution in [2.24, 2.45) is 5.10 Å². The fourth-order valence-corrected chi connectivity index (χ4v) is 0.908. The van der Waals surface area contributed by atoms with E-state index in [0.717, 1.165) is 5.71 Å². The second-order valence-electron chi connectivity index (χ2n) is 2.99. The summed E-state index contributed by atoms with van der Waals surface area (Å²) in [5.74, 6) is -0.157. The summed E-state index contributed by atoms with van der Waals surface area (Å²) in [5.41, 5.74) is 0.943. The van der Waals surface area contributed by atoms with Crippen LogP contribution >= 0.6 is 0 Å². The van der Waals surface area contributed by atoms with Gasteiger partial charge in [-0.3, -0.25) is 4.79 Å². The minimum atomic E-state index is -0.157. The van der Waals surface area contributed by atoms with Crippen LogP contribution in [-0.2, 0) is 9.53 Å². The summed E-state index contributed by atoms with van der Waals surface area (Å²) in [6.45, 7) is 4.15. The minimum Gasteiger partial charge on any atom is -0.466 e. The van der Waals surface area contributed by atoms with Gasteiger partial charge in [-0.2, -0.15) is 5.10 Å². The summed E-state index contributed by atoms with van der Waals surface area (Å²) in [6.07, 6.45) is 1.08. The molecule has 0 heterocycles. The number of ether oxygens (including phenoxy) is 1. The maximum atomic E-state index is 10.9. The third-order valence-electron chi connectivity index (χ3n) is 1.37. The molecule has 0 aliphatic heterocycles. The zero-order chi connectivity index (χ0) is 10.3. The van der Waals surface area contributed by atoms with Crippen molar-refractivity contribution in [1.82, 2.24) is 5.01 Å². The molecule has 0 aliphatic rings. The molecule has 0 bridgehead atoms. The van der Waals surface area contributed by atoms with E-state index in [-0.39, 0.29) is 5.97 Å². The van der Waals surface area contributed by atoms with Gasteiger partial charge in [-0.1, -0.05) is 0 Å². The average Bonchev–Trinajstić information content (AvgIpc) is 2.00. The largest absolute Gasteiger partial charge is 0.466 e. The molecule has 0 unspecified atom stereocenters. The zero-order valence-corrected chi connectivity index (χ0v) is 8.83. The number of nitrogens with zero attached hydrogens (tertiary/aromatic N) is 2. The Morgan fingerprint density at radius 3 is 2.46 bits per heavy atom. The number of hydrogen-bond acceptors (Lipinski definition) is 4. The van der Waals surface area contributed by atoms with Crippen molar-refractivity contribution in [3.05, 3.63) is 0 Å². The SMILES string of the molecule is CCOC(=O)CC/C(C)=N\N(C)C. The molecule has 0 aromatic carbocycles. The van der Waals surface area contributed by atoms with Crippen LogP contribution in [0.5, 0.6) is 0 Å². The Hall–Kier alpha value is -1.06. The lowest BCUT2D eigenvalue weighted by Crippen LogP contribution is -2.09. The average molecular weight is 186 g/mol. The highest BCUT2D eigenvalue weighted by atomic mass is 16.5. The molecular weight excluding hydrogens is 168 g/mol. The lowest BCUT2D eigenvalue weighted by molar-refractivity contribution is -0.142. The van der Waals surface area contributed by atoms with Crippen LogP contribution in [0.3, 0.4) is 0 Å². The van der Waals surface area contributed by atoms with Crippen molar-refractivity contribution >= 4 is 11.7 Å². The highest BCUT2D eigenvalue weighted by Gasteiger charge is 2.02. The summed E-state index contributed by atoms with van der Waals surface area (Å²) >= 11 is 0. The van der Waals surface area contributed by atoms with Gasteiger partial charge in [0.25, 0.3) is 0 Å². The van der Waals surface area contributed by atoms with Gasteiger partial charge in [0.15, 0.2) is 0 Å². The van der Waals surface area contributed by atoms with Crippen molar-refractivity contribution in [3.63, 3.8) is 0 Å². The van der Waals surface area contributed by atoms with Gasteiger partial charge >= 0.3 is 5.97 Å². The van der Waals surface area contributed by atoms with Crippen molar-refractivity contribution in [2.75, 3.05) is 20.7 Å². The van der Waals surface area contributed by atoms with Gasteiger partial charge in [0.05, 0.1) is 13.0 Å². The van der Waals surface area contributed by atoms with Crippen LogP contribution in [0.1, 0.15) is 26.7 Å². The number of carbonyl (C=O) groups excluding carboxylic acids is 1. The lowest BCUT2D eigenvalue weighted by Gasteiger charge is -2.06. The first kappa shape index (κ1) is 11.9. The van der Waals surface area contributed by atoms with E-state index >= 15 is 0 Å². The Kier molecular flexibility index (Phi) is 5.93. The van der Waals surface area contributed by atoms with Gasteiger partial charge in [-0.05, 0) is 20.3 Å². The van der Waals surface area contributed by atoms with Crippen LogP contribution in [0.2, 0.25) is 0 Å². The van der Waals surface area contributed by atoms with Crippen LogP contribution in [0.4, 0.5) is 0 Å². The summed E-state index contributed by atoms with van der Waals surface area (Å²) in [5, 5.41) is 5.87. The molecule has 0 rings (SSSR count). The molecule has 0 saturated carbocycles. The van der Waals surface area contributed by atoms with E-state index < -0.39 is 0 Å². The molecule has 0 atom stereocenters. The van der Waals surface area contributed by atoms with Crippen LogP contribution < -0.4 is 0 Å². The van der Waals surface area contributed by atoms with Crippen LogP contribution in [0, 0.1) is 0 Å². The Labute approximate surface area is 79.6 Å². The van der Waals surface area contributed by atoms with E-state index in [9.17, 15) is 4.79 Å². The predicted octanol–water partition coefficient (Wildman–Crippen LogP) is 1.27. The van der Waals surface area contributed by atoms with Gasteiger partial charge in [-0.25, -0.2) is 0 Å².